The van der Waals surface area contributed by atoms with Crippen LogP contribution in [0.2, 0.25) is 0 Å². The van der Waals surface area contributed by atoms with E-state index in [1.807, 2.05) is 0 Å². The molecule has 1 aliphatic heterocycles. The highest BCUT2D eigenvalue weighted by Crippen LogP contribution is 2.27. The maximum atomic E-state index is 3.56. The van der Waals surface area contributed by atoms with Gasteiger partial charge in [0.15, 0.2) is 0 Å². The highest BCUT2D eigenvalue weighted by Gasteiger charge is 2.18. The molecule has 2 heterocycles. The van der Waals surface area contributed by atoms with E-state index in [2.05, 4.69) is 48.4 Å². The van der Waals surface area contributed by atoms with Crippen LogP contribution in [0.15, 0.2) is 24.3 Å². The first-order valence-corrected chi connectivity index (χ1v) is 6.57. The van der Waals surface area contributed by atoms with Crippen molar-refractivity contribution in [2.24, 2.45) is 0 Å². The lowest BCUT2D eigenvalue weighted by Gasteiger charge is -2.04. The third kappa shape index (κ3) is 1.98. The Balaban J connectivity index is 2.00. The molecular formula is C15H20N2. The number of H-pyrrole nitrogens is 1. The molecule has 1 fully saturated rings. The predicted octanol–water partition coefficient (Wildman–Crippen LogP) is 3.37. The summed E-state index contributed by atoms with van der Waals surface area (Å²) < 4.78 is 0. The van der Waals surface area contributed by atoms with Crippen molar-refractivity contribution in [3.05, 3.63) is 35.5 Å². The Hall–Kier alpha value is -1.28. The zero-order valence-corrected chi connectivity index (χ0v) is 10.6. The number of rotatable bonds is 2. The highest BCUT2D eigenvalue weighted by atomic mass is 14.9. The van der Waals surface area contributed by atoms with Crippen LogP contribution in [0.25, 0.3) is 10.9 Å². The number of aromatic nitrogens is 1. The quantitative estimate of drug-likeness (QED) is 0.810. The van der Waals surface area contributed by atoms with Crippen molar-refractivity contribution >= 4 is 10.9 Å². The highest BCUT2D eigenvalue weighted by molar-refractivity contribution is 5.81. The molecule has 2 N–H and O–H groups in total. The molecule has 2 heteroatoms. The fourth-order valence-corrected chi connectivity index (χ4v) is 2.67. The number of aromatic amines is 1. The van der Waals surface area contributed by atoms with Crippen LogP contribution in [0.5, 0.6) is 0 Å². The Kier molecular flexibility index (Phi) is 2.67. The fourth-order valence-electron chi connectivity index (χ4n) is 2.67. The van der Waals surface area contributed by atoms with Gasteiger partial charge in [-0.25, -0.2) is 0 Å². The van der Waals surface area contributed by atoms with Crippen LogP contribution < -0.4 is 5.32 Å². The van der Waals surface area contributed by atoms with Gasteiger partial charge in [0.1, 0.15) is 0 Å². The summed E-state index contributed by atoms with van der Waals surface area (Å²) in [5.41, 5.74) is 4.09. The van der Waals surface area contributed by atoms with E-state index in [0.29, 0.717) is 11.8 Å². The minimum absolute atomic E-state index is 0.603. The van der Waals surface area contributed by atoms with Crippen LogP contribution in [0.3, 0.4) is 0 Å². The molecule has 17 heavy (non-hydrogen) atoms. The lowest BCUT2D eigenvalue weighted by Crippen LogP contribution is -2.07. The van der Waals surface area contributed by atoms with Crippen LogP contribution in [0.1, 0.15) is 43.4 Å². The molecule has 90 valence electrons. The minimum Gasteiger partial charge on any atom is -0.358 e. The average molecular weight is 228 g/mol. The van der Waals surface area contributed by atoms with Gasteiger partial charge in [-0.05, 0) is 48.0 Å². The normalized spacial score (nSPS) is 20.5. The van der Waals surface area contributed by atoms with E-state index >= 15 is 0 Å². The molecule has 0 spiro atoms. The summed E-state index contributed by atoms with van der Waals surface area (Å²) in [5.74, 6) is 1.27. The van der Waals surface area contributed by atoms with Crippen molar-refractivity contribution in [1.29, 1.82) is 0 Å². The lowest BCUT2D eigenvalue weighted by atomic mass is 10.0. The van der Waals surface area contributed by atoms with E-state index < -0.39 is 0 Å². The van der Waals surface area contributed by atoms with Gasteiger partial charge in [0.25, 0.3) is 0 Å². The Morgan fingerprint density at radius 2 is 2.12 bits per heavy atom. The summed E-state index contributed by atoms with van der Waals surface area (Å²) in [6.07, 6.45) is 1.25. The molecule has 1 aromatic carbocycles. The van der Waals surface area contributed by atoms with Gasteiger partial charge in [0.2, 0.25) is 0 Å². The van der Waals surface area contributed by atoms with E-state index in [4.69, 9.17) is 0 Å². The predicted molar refractivity (Wildman–Crippen MR) is 72.6 cm³/mol. The molecule has 1 unspecified atom stereocenters. The van der Waals surface area contributed by atoms with E-state index in [9.17, 15) is 0 Å². The summed E-state index contributed by atoms with van der Waals surface area (Å²) >= 11 is 0. The summed E-state index contributed by atoms with van der Waals surface area (Å²) in [4.78, 5) is 3.56. The average Bonchev–Trinajstić information content (AvgIpc) is 2.96. The van der Waals surface area contributed by atoms with Crippen molar-refractivity contribution in [3.8, 4) is 0 Å². The van der Waals surface area contributed by atoms with E-state index in [1.165, 1.54) is 28.6 Å². The Morgan fingerprint density at radius 1 is 1.24 bits per heavy atom. The molecule has 1 aromatic heterocycles. The molecule has 0 bridgehead atoms. The van der Waals surface area contributed by atoms with Gasteiger partial charge in [-0.3, -0.25) is 0 Å². The molecule has 1 saturated heterocycles. The maximum Gasteiger partial charge on any atom is 0.0456 e. The maximum absolute atomic E-state index is 3.56. The van der Waals surface area contributed by atoms with Crippen LogP contribution in [0, 0.1) is 0 Å². The monoisotopic (exact) mass is 228 g/mol. The molecule has 0 saturated carbocycles. The van der Waals surface area contributed by atoms with Gasteiger partial charge in [-0.2, -0.15) is 0 Å². The van der Waals surface area contributed by atoms with Gasteiger partial charge >= 0.3 is 0 Å². The SMILES string of the molecule is CC(C)c1ccc2[nH]c(C3CCNC3)cc2c1. The van der Waals surface area contributed by atoms with Gasteiger partial charge in [0.05, 0.1) is 0 Å². The van der Waals surface area contributed by atoms with Crippen molar-refractivity contribution in [3.63, 3.8) is 0 Å². The summed E-state index contributed by atoms with van der Waals surface area (Å²) in [5, 5.41) is 4.78. The first kappa shape index (κ1) is 10.8. The topological polar surface area (TPSA) is 27.8 Å². The van der Waals surface area contributed by atoms with Crippen molar-refractivity contribution in [2.45, 2.75) is 32.1 Å². The summed E-state index contributed by atoms with van der Waals surface area (Å²) in [7, 11) is 0. The Morgan fingerprint density at radius 3 is 2.82 bits per heavy atom. The third-order valence-electron chi connectivity index (χ3n) is 3.83. The first-order valence-electron chi connectivity index (χ1n) is 6.57. The smallest absolute Gasteiger partial charge is 0.0456 e. The molecule has 1 atom stereocenters. The van der Waals surface area contributed by atoms with Crippen molar-refractivity contribution < 1.29 is 0 Å². The molecule has 0 radical (unpaired) electrons. The molecule has 3 rings (SSSR count). The van der Waals surface area contributed by atoms with Crippen LogP contribution >= 0.6 is 0 Å². The molecule has 2 nitrogen and oxygen atoms in total. The zero-order chi connectivity index (χ0) is 11.8. The van der Waals surface area contributed by atoms with Crippen LogP contribution in [0.4, 0.5) is 0 Å². The van der Waals surface area contributed by atoms with Crippen LogP contribution in [-0.4, -0.2) is 18.1 Å². The second-order valence-corrected chi connectivity index (χ2v) is 5.42. The van der Waals surface area contributed by atoms with E-state index in [-0.39, 0.29) is 0 Å². The minimum atomic E-state index is 0.603. The number of nitrogens with one attached hydrogen (secondary N) is 2. The Bertz CT molecular complexity index is 519. The molecule has 0 aliphatic carbocycles. The van der Waals surface area contributed by atoms with E-state index in [1.54, 1.807) is 0 Å². The first-order chi connectivity index (χ1) is 8.24. The van der Waals surface area contributed by atoms with Crippen molar-refractivity contribution in [1.82, 2.24) is 10.3 Å². The second kappa shape index (κ2) is 4.19. The van der Waals surface area contributed by atoms with Gasteiger partial charge in [-0.1, -0.05) is 19.9 Å². The zero-order valence-electron chi connectivity index (χ0n) is 10.6. The lowest BCUT2D eigenvalue weighted by molar-refractivity contribution is 0.743. The largest absolute Gasteiger partial charge is 0.358 e. The molecule has 0 amide bonds. The van der Waals surface area contributed by atoms with E-state index in [0.717, 1.165) is 13.1 Å². The number of hydrogen-bond donors (Lipinski definition) is 2. The summed E-state index contributed by atoms with van der Waals surface area (Å²) in [6, 6.07) is 9.11. The number of fused-ring (bicyclic) bond motifs is 1. The Labute approximate surface area is 102 Å². The van der Waals surface area contributed by atoms with Gasteiger partial charge in [-0.15, -0.1) is 0 Å². The standard InChI is InChI=1S/C15H20N2/c1-10(2)11-3-4-14-13(7-11)8-15(17-14)12-5-6-16-9-12/h3-4,7-8,10,12,16-17H,5-6,9H2,1-2H3. The van der Waals surface area contributed by atoms with Crippen LogP contribution in [-0.2, 0) is 0 Å². The number of hydrogen-bond acceptors (Lipinski definition) is 1. The number of benzene rings is 1. The second-order valence-electron chi connectivity index (χ2n) is 5.42. The third-order valence-corrected chi connectivity index (χ3v) is 3.83. The molecular weight excluding hydrogens is 208 g/mol. The van der Waals surface area contributed by atoms with Gasteiger partial charge in [0, 0.05) is 23.7 Å². The summed E-state index contributed by atoms with van der Waals surface area (Å²) in [6.45, 7) is 6.76. The molecule has 1 aliphatic rings. The van der Waals surface area contributed by atoms with Gasteiger partial charge < -0.3 is 10.3 Å². The molecule has 2 aromatic rings. The van der Waals surface area contributed by atoms with Crippen molar-refractivity contribution in [2.75, 3.05) is 13.1 Å². The fraction of sp³-hybridized carbons (Fsp3) is 0.467.